The molecule has 1 spiro atoms. The lowest BCUT2D eigenvalue weighted by atomic mass is 9.88. The molecule has 2 saturated heterocycles. The van der Waals surface area contributed by atoms with Crippen molar-refractivity contribution in [3.63, 3.8) is 0 Å². The summed E-state index contributed by atoms with van der Waals surface area (Å²) in [6.45, 7) is 9.71. The molecule has 3 aromatic rings. The molecule has 4 heterocycles. The first-order valence-corrected chi connectivity index (χ1v) is 13.1. The van der Waals surface area contributed by atoms with Gasteiger partial charge in [0.05, 0.1) is 18.7 Å². The zero-order chi connectivity index (χ0) is 25.0. The maximum absolute atomic E-state index is 13.7. The van der Waals surface area contributed by atoms with Crippen molar-refractivity contribution in [2.45, 2.75) is 18.4 Å². The molecule has 0 saturated carbocycles. The number of carbonyl (C=O) groups is 1. The SMILES string of the molecule is C=CC(=O)N1CCN(c2nc(=O)n3c4c(c(-c5ccc(F)cc5)c(C)cc24)SCC2(COC2)C3)CC1. The fourth-order valence-electron chi connectivity index (χ4n) is 5.47. The number of hydrogen-bond donors (Lipinski definition) is 0. The average Bonchev–Trinajstić information content (AvgIpc) is 3.05. The van der Waals surface area contributed by atoms with E-state index in [0.29, 0.717) is 51.8 Å². The van der Waals surface area contributed by atoms with Crippen LogP contribution in [0.25, 0.3) is 22.0 Å². The molecule has 0 radical (unpaired) electrons. The maximum Gasteiger partial charge on any atom is 0.350 e. The number of amides is 1. The zero-order valence-corrected chi connectivity index (χ0v) is 20.9. The van der Waals surface area contributed by atoms with Gasteiger partial charge in [-0.2, -0.15) is 4.98 Å². The van der Waals surface area contributed by atoms with Crippen molar-refractivity contribution in [3.05, 3.63) is 64.9 Å². The highest BCUT2D eigenvalue weighted by Crippen LogP contribution is 2.47. The van der Waals surface area contributed by atoms with Gasteiger partial charge >= 0.3 is 5.69 Å². The van der Waals surface area contributed by atoms with Crippen LogP contribution in [0.1, 0.15) is 5.56 Å². The van der Waals surface area contributed by atoms with Crippen molar-refractivity contribution in [2.24, 2.45) is 5.41 Å². The number of benzene rings is 2. The van der Waals surface area contributed by atoms with E-state index in [1.165, 1.54) is 18.2 Å². The van der Waals surface area contributed by atoms with Crippen LogP contribution in [-0.2, 0) is 16.1 Å². The van der Waals surface area contributed by atoms with Crippen LogP contribution in [-0.4, -0.2) is 65.5 Å². The summed E-state index contributed by atoms with van der Waals surface area (Å²) < 4.78 is 21.1. The number of aryl methyl sites for hydroxylation is 1. The lowest BCUT2D eigenvalue weighted by molar-refractivity contribution is -0.126. The van der Waals surface area contributed by atoms with Gasteiger partial charge in [0.1, 0.15) is 11.6 Å². The summed E-state index contributed by atoms with van der Waals surface area (Å²) in [6, 6.07) is 8.65. The van der Waals surface area contributed by atoms with E-state index < -0.39 is 0 Å². The van der Waals surface area contributed by atoms with Crippen molar-refractivity contribution in [2.75, 3.05) is 50.0 Å². The predicted molar refractivity (Wildman–Crippen MR) is 139 cm³/mol. The second-order valence-corrected chi connectivity index (χ2v) is 10.9. The first kappa shape index (κ1) is 23.2. The molecule has 0 atom stereocenters. The van der Waals surface area contributed by atoms with E-state index in [1.54, 1.807) is 28.8 Å². The molecule has 3 aliphatic heterocycles. The van der Waals surface area contributed by atoms with Gasteiger partial charge in [0, 0.05) is 59.7 Å². The van der Waals surface area contributed by atoms with Gasteiger partial charge in [0.15, 0.2) is 0 Å². The summed E-state index contributed by atoms with van der Waals surface area (Å²) in [4.78, 5) is 35.1. The second kappa shape index (κ2) is 8.74. The highest BCUT2D eigenvalue weighted by Gasteiger charge is 2.42. The maximum atomic E-state index is 13.7. The van der Waals surface area contributed by atoms with Gasteiger partial charge in [0.25, 0.3) is 0 Å². The number of anilines is 1. The zero-order valence-electron chi connectivity index (χ0n) is 20.1. The number of hydrogen-bond acceptors (Lipinski definition) is 6. The normalized spacial score (nSPS) is 18.7. The number of carbonyl (C=O) groups excluding carboxylic acids is 1. The van der Waals surface area contributed by atoms with Crippen molar-refractivity contribution >= 4 is 34.4 Å². The summed E-state index contributed by atoms with van der Waals surface area (Å²) in [5, 5.41) is 0.932. The Balaban J connectivity index is 1.54. The van der Waals surface area contributed by atoms with E-state index in [9.17, 15) is 14.0 Å². The number of rotatable bonds is 3. The van der Waals surface area contributed by atoms with Gasteiger partial charge in [-0.1, -0.05) is 18.7 Å². The molecule has 36 heavy (non-hydrogen) atoms. The number of aromatic nitrogens is 2. The van der Waals surface area contributed by atoms with Crippen LogP contribution < -0.4 is 10.6 Å². The Hall–Kier alpha value is -3.17. The Bertz CT molecular complexity index is 1440. The van der Waals surface area contributed by atoms with Crippen molar-refractivity contribution in [3.8, 4) is 11.1 Å². The van der Waals surface area contributed by atoms with Crippen LogP contribution in [0.3, 0.4) is 0 Å². The van der Waals surface area contributed by atoms with E-state index in [0.717, 1.165) is 38.2 Å². The summed E-state index contributed by atoms with van der Waals surface area (Å²) in [5.74, 6) is 1.13. The molecule has 1 aromatic heterocycles. The van der Waals surface area contributed by atoms with Crippen LogP contribution in [0.5, 0.6) is 0 Å². The Morgan fingerprint density at radius 2 is 1.92 bits per heavy atom. The molecule has 2 aromatic carbocycles. The molecule has 3 aliphatic rings. The highest BCUT2D eigenvalue weighted by atomic mass is 32.2. The fourth-order valence-corrected chi connectivity index (χ4v) is 6.95. The Labute approximate surface area is 212 Å². The molecular weight excluding hydrogens is 479 g/mol. The minimum atomic E-state index is -0.279. The number of ether oxygens (including phenoxy) is 1. The van der Waals surface area contributed by atoms with Gasteiger partial charge in [-0.3, -0.25) is 9.36 Å². The summed E-state index contributed by atoms with van der Waals surface area (Å²) in [5.41, 5.74) is 3.50. The fraction of sp³-hybridized carbons (Fsp3) is 0.370. The van der Waals surface area contributed by atoms with Crippen LogP contribution >= 0.6 is 11.8 Å². The van der Waals surface area contributed by atoms with Gasteiger partial charge in [-0.25, -0.2) is 9.18 Å². The van der Waals surface area contributed by atoms with Gasteiger partial charge in [0.2, 0.25) is 5.91 Å². The van der Waals surface area contributed by atoms with E-state index in [1.807, 2.05) is 4.57 Å². The third-order valence-electron chi connectivity index (χ3n) is 7.43. The smallest absolute Gasteiger partial charge is 0.350 e. The molecule has 6 rings (SSSR count). The Morgan fingerprint density at radius 3 is 2.56 bits per heavy atom. The van der Waals surface area contributed by atoms with E-state index >= 15 is 0 Å². The number of nitrogens with zero attached hydrogens (tertiary/aromatic N) is 4. The van der Waals surface area contributed by atoms with Crippen molar-refractivity contribution in [1.82, 2.24) is 14.5 Å². The predicted octanol–water partition coefficient (Wildman–Crippen LogP) is 3.47. The molecule has 0 bridgehead atoms. The molecular formula is C27H27FN4O3S. The molecule has 0 N–H and O–H groups in total. The summed E-state index contributed by atoms with van der Waals surface area (Å²) in [7, 11) is 0. The summed E-state index contributed by atoms with van der Waals surface area (Å²) in [6.07, 6.45) is 1.34. The van der Waals surface area contributed by atoms with Crippen LogP contribution in [0.2, 0.25) is 0 Å². The number of thioether (sulfide) groups is 1. The van der Waals surface area contributed by atoms with E-state index in [4.69, 9.17) is 4.74 Å². The molecule has 0 aliphatic carbocycles. The van der Waals surface area contributed by atoms with E-state index in [-0.39, 0.29) is 22.8 Å². The Morgan fingerprint density at radius 1 is 1.19 bits per heavy atom. The molecule has 1 amide bonds. The number of piperazine rings is 1. The number of halogens is 1. The van der Waals surface area contributed by atoms with E-state index in [2.05, 4.69) is 29.5 Å². The topological polar surface area (TPSA) is 67.7 Å². The van der Waals surface area contributed by atoms with Gasteiger partial charge in [-0.05, 0) is 42.3 Å². The molecule has 2 fully saturated rings. The first-order chi connectivity index (χ1) is 17.4. The Kier molecular flexibility index (Phi) is 5.64. The average molecular weight is 507 g/mol. The molecule has 7 nitrogen and oxygen atoms in total. The van der Waals surface area contributed by atoms with Crippen molar-refractivity contribution in [1.29, 1.82) is 0 Å². The van der Waals surface area contributed by atoms with Crippen molar-refractivity contribution < 1.29 is 13.9 Å². The minimum Gasteiger partial charge on any atom is -0.380 e. The molecule has 186 valence electrons. The first-order valence-electron chi connectivity index (χ1n) is 12.1. The lowest BCUT2D eigenvalue weighted by Gasteiger charge is -2.40. The largest absolute Gasteiger partial charge is 0.380 e. The minimum absolute atomic E-state index is 0.0831. The molecule has 0 unspecified atom stereocenters. The van der Waals surface area contributed by atoms with Crippen LogP contribution in [0.4, 0.5) is 10.2 Å². The van der Waals surface area contributed by atoms with Crippen LogP contribution in [0, 0.1) is 18.2 Å². The monoisotopic (exact) mass is 506 g/mol. The second-order valence-electron chi connectivity index (χ2n) is 9.90. The lowest BCUT2D eigenvalue weighted by Crippen LogP contribution is -2.50. The van der Waals surface area contributed by atoms with Gasteiger partial charge in [-0.15, -0.1) is 11.8 Å². The molecule has 9 heteroatoms. The summed E-state index contributed by atoms with van der Waals surface area (Å²) >= 11 is 1.75. The third kappa shape index (κ3) is 3.72. The van der Waals surface area contributed by atoms with Crippen LogP contribution in [0.15, 0.2) is 52.7 Å². The quantitative estimate of drug-likeness (QED) is 0.507. The highest BCUT2D eigenvalue weighted by molar-refractivity contribution is 7.99. The standard InChI is InChI=1S/C27H27FN4O3S/c1-3-21(33)30-8-10-31(11-9-30)25-20-12-17(2)22(18-4-6-19(28)7-5-18)24-23(20)32(26(34)29-25)13-27(16-36-24)14-35-15-27/h3-7,12H,1,8-11,13-16H2,2H3. The van der Waals surface area contributed by atoms with Gasteiger partial charge < -0.3 is 14.5 Å². The third-order valence-corrected chi connectivity index (χ3v) is 8.87.